The van der Waals surface area contributed by atoms with Crippen molar-refractivity contribution in [2.45, 2.75) is 6.42 Å². The molecule has 2 N–H and O–H groups in total. The lowest BCUT2D eigenvalue weighted by Gasteiger charge is -2.27. The number of fused-ring (bicyclic) bond motifs is 1. The first-order chi connectivity index (χ1) is 10.3. The highest BCUT2D eigenvalue weighted by Gasteiger charge is 2.10. The molecule has 0 atom stereocenters. The van der Waals surface area contributed by atoms with Crippen molar-refractivity contribution in [3.8, 4) is 0 Å². The molecule has 3 heterocycles. The summed E-state index contributed by atoms with van der Waals surface area (Å²) in [6.45, 7) is 5.81. The molecule has 0 aromatic carbocycles. The van der Waals surface area contributed by atoms with Crippen LogP contribution in [0.5, 0.6) is 0 Å². The van der Waals surface area contributed by atoms with Crippen LogP contribution in [-0.4, -0.2) is 59.5 Å². The second-order valence-electron chi connectivity index (χ2n) is 5.32. The zero-order chi connectivity index (χ0) is 14.5. The molecular weight excluding hydrogens is 266 g/mol. The summed E-state index contributed by atoms with van der Waals surface area (Å²) < 4.78 is 1.93. The van der Waals surface area contributed by atoms with Gasteiger partial charge in [-0.1, -0.05) is 6.07 Å². The fraction of sp³-hybridized carbons (Fsp3) is 0.467. The topological polar surface area (TPSA) is 61.7 Å². The summed E-state index contributed by atoms with van der Waals surface area (Å²) in [5, 5.41) is 6.29. The Morgan fingerprint density at radius 2 is 2.19 bits per heavy atom. The Morgan fingerprint density at radius 1 is 1.33 bits per heavy atom. The van der Waals surface area contributed by atoms with E-state index in [0.717, 1.165) is 44.1 Å². The number of hydrogen-bond donors (Lipinski definition) is 2. The second-order valence-corrected chi connectivity index (χ2v) is 5.32. The van der Waals surface area contributed by atoms with Gasteiger partial charge < -0.3 is 15.0 Å². The molecule has 1 aliphatic rings. The van der Waals surface area contributed by atoms with Crippen molar-refractivity contribution in [1.29, 1.82) is 0 Å². The molecular formula is C15H21N5O. The van der Waals surface area contributed by atoms with Crippen LogP contribution in [0.2, 0.25) is 0 Å². The minimum atomic E-state index is 0.0357. The predicted molar refractivity (Wildman–Crippen MR) is 81.2 cm³/mol. The summed E-state index contributed by atoms with van der Waals surface area (Å²) in [7, 11) is 0. The molecule has 0 radical (unpaired) electrons. The molecule has 21 heavy (non-hydrogen) atoms. The van der Waals surface area contributed by atoms with Gasteiger partial charge in [0.05, 0.1) is 12.1 Å². The average molecular weight is 287 g/mol. The Kier molecular flexibility index (Phi) is 4.47. The fourth-order valence-electron chi connectivity index (χ4n) is 2.59. The molecule has 112 valence electrons. The molecule has 1 fully saturated rings. The highest BCUT2D eigenvalue weighted by atomic mass is 16.1. The maximum Gasteiger partial charge on any atom is 0.226 e. The molecule has 2 aromatic rings. The number of hydrogen-bond acceptors (Lipinski definition) is 4. The third-order valence-electron chi connectivity index (χ3n) is 3.72. The van der Waals surface area contributed by atoms with Crippen molar-refractivity contribution in [2.75, 3.05) is 39.3 Å². The lowest BCUT2D eigenvalue weighted by Crippen LogP contribution is -2.46. The molecule has 0 saturated carbocycles. The van der Waals surface area contributed by atoms with Gasteiger partial charge in [0.2, 0.25) is 5.91 Å². The third-order valence-corrected chi connectivity index (χ3v) is 3.72. The van der Waals surface area contributed by atoms with E-state index in [9.17, 15) is 4.79 Å². The van der Waals surface area contributed by atoms with Gasteiger partial charge in [0, 0.05) is 51.7 Å². The molecule has 1 amide bonds. The smallest absolute Gasteiger partial charge is 0.226 e. The van der Waals surface area contributed by atoms with Crippen LogP contribution in [0.1, 0.15) is 5.69 Å². The van der Waals surface area contributed by atoms with Gasteiger partial charge in [-0.2, -0.15) is 0 Å². The number of carbonyl (C=O) groups excluding carboxylic acids is 1. The normalized spacial score (nSPS) is 16.2. The van der Waals surface area contributed by atoms with E-state index in [1.807, 2.05) is 35.0 Å². The summed E-state index contributed by atoms with van der Waals surface area (Å²) in [6.07, 6.45) is 4.18. The Morgan fingerprint density at radius 3 is 3.00 bits per heavy atom. The van der Waals surface area contributed by atoms with Gasteiger partial charge in [0.15, 0.2) is 0 Å². The number of nitrogens with one attached hydrogen (secondary N) is 2. The predicted octanol–water partition coefficient (Wildman–Crippen LogP) is -0.102. The minimum absolute atomic E-state index is 0.0357. The summed E-state index contributed by atoms with van der Waals surface area (Å²) in [5.74, 6) is 0.0357. The maximum atomic E-state index is 11.9. The summed E-state index contributed by atoms with van der Waals surface area (Å²) in [6, 6.07) is 5.83. The number of aromatic nitrogens is 2. The first-order valence-corrected chi connectivity index (χ1v) is 7.44. The maximum absolute atomic E-state index is 11.9. The number of imidazole rings is 1. The van der Waals surface area contributed by atoms with Crippen LogP contribution in [0.3, 0.4) is 0 Å². The molecule has 6 nitrogen and oxygen atoms in total. The third kappa shape index (κ3) is 3.80. The van der Waals surface area contributed by atoms with Crippen LogP contribution in [0.15, 0.2) is 30.6 Å². The Labute approximate surface area is 124 Å². The molecule has 1 saturated heterocycles. The summed E-state index contributed by atoms with van der Waals surface area (Å²) >= 11 is 0. The van der Waals surface area contributed by atoms with Crippen molar-refractivity contribution in [3.63, 3.8) is 0 Å². The largest absolute Gasteiger partial charge is 0.354 e. The Bertz CT molecular complexity index is 570. The number of carbonyl (C=O) groups is 1. The van der Waals surface area contributed by atoms with Crippen molar-refractivity contribution in [2.24, 2.45) is 0 Å². The van der Waals surface area contributed by atoms with E-state index in [-0.39, 0.29) is 5.91 Å². The van der Waals surface area contributed by atoms with Gasteiger partial charge in [0.25, 0.3) is 0 Å². The van der Waals surface area contributed by atoms with Gasteiger partial charge in [-0.15, -0.1) is 0 Å². The minimum Gasteiger partial charge on any atom is -0.354 e. The zero-order valence-electron chi connectivity index (χ0n) is 12.1. The zero-order valence-corrected chi connectivity index (χ0v) is 12.1. The van der Waals surface area contributed by atoms with Crippen LogP contribution in [0.25, 0.3) is 5.65 Å². The second kappa shape index (κ2) is 6.69. The first kappa shape index (κ1) is 14.0. The number of nitrogens with zero attached hydrogens (tertiary/aromatic N) is 3. The van der Waals surface area contributed by atoms with Crippen molar-refractivity contribution >= 4 is 11.6 Å². The lowest BCUT2D eigenvalue weighted by molar-refractivity contribution is -0.120. The number of piperazine rings is 1. The number of rotatable bonds is 5. The van der Waals surface area contributed by atoms with E-state index in [1.165, 1.54) is 0 Å². The Hall–Kier alpha value is -1.92. The standard InChI is InChI=1S/C15H21N5O/c21-15(17-6-10-19-8-4-16-5-9-19)11-13-12-20-7-2-1-3-14(20)18-13/h1-3,7,12,16H,4-6,8-11H2,(H,17,21). The highest BCUT2D eigenvalue weighted by Crippen LogP contribution is 2.04. The number of pyridine rings is 1. The summed E-state index contributed by atoms with van der Waals surface area (Å²) in [4.78, 5) is 18.7. The lowest BCUT2D eigenvalue weighted by atomic mass is 10.3. The molecule has 0 spiro atoms. The van der Waals surface area contributed by atoms with E-state index in [1.54, 1.807) is 0 Å². The average Bonchev–Trinajstić information content (AvgIpc) is 2.90. The van der Waals surface area contributed by atoms with E-state index in [4.69, 9.17) is 0 Å². The van der Waals surface area contributed by atoms with Crippen molar-refractivity contribution in [1.82, 2.24) is 24.9 Å². The van der Waals surface area contributed by atoms with Crippen LogP contribution >= 0.6 is 0 Å². The van der Waals surface area contributed by atoms with Crippen LogP contribution in [0, 0.1) is 0 Å². The van der Waals surface area contributed by atoms with Gasteiger partial charge in [-0.05, 0) is 12.1 Å². The van der Waals surface area contributed by atoms with E-state index in [2.05, 4.69) is 20.5 Å². The van der Waals surface area contributed by atoms with Gasteiger partial charge >= 0.3 is 0 Å². The van der Waals surface area contributed by atoms with E-state index in [0.29, 0.717) is 13.0 Å². The van der Waals surface area contributed by atoms with Gasteiger partial charge in [-0.25, -0.2) is 4.98 Å². The molecule has 0 aliphatic carbocycles. The molecule has 3 rings (SSSR count). The van der Waals surface area contributed by atoms with Crippen molar-refractivity contribution in [3.05, 3.63) is 36.3 Å². The first-order valence-electron chi connectivity index (χ1n) is 7.44. The molecule has 6 heteroatoms. The quantitative estimate of drug-likeness (QED) is 0.806. The Balaban J connectivity index is 1.45. The molecule has 1 aliphatic heterocycles. The summed E-state index contributed by atoms with van der Waals surface area (Å²) in [5.41, 5.74) is 1.68. The molecule has 0 unspecified atom stereocenters. The molecule has 0 bridgehead atoms. The van der Waals surface area contributed by atoms with E-state index < -0.39 is 0 Å². The van der Waals surface area contributed by atoms with Crippen LogP contribution in [-0.2, 0) is 11.2 Å². The van der Waals surface area contributed by atoms with Gasteiger partial charge in [-0.3, -0.25) is 9.69 Å². The van der Waals surface area contributed by atoms with E-state index >= 15 is 0 Å². The number of amides is 1. The van der Waals surface area contributed by atoms with Gasteiger partial charge in [0.1, 0.15) is 5.65 Å². The monoisotopic (exact) mass is 287 g/mol. The SMILES string of the molecule is O=C(Cc1cn2ccccc2n1)NCCN1CCNCC1. The van der Waals surface area contributed by atoms with Crippen LogP contribution in [0.4, 0.5) is 0 Å². The highest BCUT2D eigenvalue weighted by molar-refractivity contribution is 5.78. The van der Waals surface area contributed by atoms with Crippen LogP contribution < -0.4 is 10.6 Å². The van der Waals surface area contributed by atoms with Crippen molar-refractivity contribution < 1.29 is 4.79 Å². The molecule has 2 aromatic heterocycles. The fourth-order valence-corrected chi connectivity index (χ4v) is 2.59.